The molecule has 0 amide bonds. The number of aliphatic hydroxyl groups is 2. The molecule has 1 aromatic rings. The first kappa shape index (κ1) is 13.6. The van der Waals surface area contributed by atoms with Crippen molar-refractivity contribution in [2.75, 3.05) is 19.8 Å². The third-order valence-corrected chi connectivity index (χ3v) is 3.21. The summed E-state index contributed by atoms with van der Waals surface area (Å²) in [5.41, 5.74) is 1.01. The Hall–Kier alpha value is -0.810. The molecule has 4 nitrogen and oxygen atoms in total. The molecule has 0 spiro atoms. The molecule has 2 rings (SSSR count). The molecule has 0 saturated heterocycles. The Morgan fingerprint density at radius 3 is 3.00 bits per heavy atom. The van der Waals surface area contributed by atoms with Gasteiger partial charge in [-0.3, -0.25) is 0 Å². The Kier molecular flexibility index (Phi) is 4.12. The zero-order valence-corrected chi connectivity index (χ0v) is 11.1. The van der Waals surface area contributed by atoms with Crippen LogP contribution in [0, 0.1) is 0 Å². The maximum atomic E-state index is 9.68. The number of benzene rings is 1. The molecule has 0 aromatic heterocycles. The molecule has 0 fully saturated rings. The van der Waals surface area contributed by atoms with Gasteiger partial charge in [0.05, 0.1) is 18.8 Å². The second-order valence-corrected chi connectivity index (χ2v) is 5.35. The van der Waals surface area contributed by atoms with Gasteiger partial charge in [0.2, 0.25) is 0 Å². The van der Waals surface area contributed by atoms with E-state index in [0.717, 1.165) is 23.3 Å². The maximum absolute atomic E-state index is 9.68. The van der Waals surface area contributed by atoms with Gasteiger partial charge in [-0.05, 0) is 24.6 Å². The summed E-state index contributed by atoms with van der Waals surface area (Å²) in [5, 5.41) is 22.4. The number of hydrogen-bond acceptors (Lipinski definition) is 4. The van der Waals surface area contributed by atoms with Crippen LogP contribution in [0.25, 0.3) is 0 Å². The Balaban J connectivity index is 2.02. The zero-order chi connectivity index (χ0) is 13.2. The molecule has 0 radical (unpaired) electrons. The fraction of sp³-hybridized carbons (Fsp3) is 0.538. The molecular weight excluding hydrogens is 254 g/mol. The van der Waals surface area contributed by atoms with Crippen molar-refractivity contribution in [2.24, 2.45) is 0 Å². The predicted octanol–water partition coefficient (Wildman–Crippen LogP) is 1.11. The second-order valence-electron chi connectivity index (χ2n) is 4.91. The van der Waals surface area contributed by atoms with Crippen molar-refractivity contribution in [1.29, 1.82) is 0 Å². The average Bonchev–Trinajstić information content (AvgIpc) is 2.76. The Morgan fingerprint density at radius 1 is 1.50 bits per heavy atom. The number of halogens is 1. The molecule has 1 heterocycles. The molecule has 100 valence electrons. The largest absolute Gasteiger partial charge is 0.493 e. The van der Waals surface area contributed by atoms with E-state index in [1.165, 1.54) is 0 Å². The van der Waals surface area contributed by atoms with Crippen LogP contribution in [0.15, 0.2) is 12.1 Å². The van der Waals surface area contributed by atoms with Gasteiger partial charge in [0, 0.05) is 30.1 Å². The van der Waals surface area contributed by atoms with Crippen molar-refractivity contribution >= 4 is 11.6 Å². The smallest absolute Gasteiger partial charge is 0.127 e. The Morgan fingerprint density at radius 2 is 2.28 bits per heavy atom. The lowest BCUT2D eigenvalue weighted by Crippen LogP contribution is -2.40. The molecular formula is C13H18ClNO3. The van der Waals surface area contributed by atoms with E-state index < -0.39 is 5.60 Å². The van der Waals surface area contributed by atoms with Crippen LogP contribution in [-0.4, -0.2) is 35.6 Å². The van der Waals surface area contributed by atoms with Gasteiger partial charge in [0.25, 0.3) is 0 Å². The van der Waals surface area contributed by atoms with E-state index in [9.17, 15) is 5.11 Å². The summed E-state index contributed by atoms with van der Waals surface area (Å²) in [6.07, 6.45) is 0.886. The van der Waals surface area contributed by atoms with Gasteiger partial charge in [-0.1, -0.05) is 11.6 Å². The first-order valence-electron chi connectivity index (χ1n) is 6.00. The topological polar surface area (TPSA) is 61.7 Å². The van der Waals surface area contributed by atoms with E-state index in [4.69, 9.17) is 21.4 Å². The van der Waals surface area contributed by atoms with E-state index in [1.807, 2.05) is 12.1 Å². The fourth-order valence-corrected chi connectivity index (χ4v) is 2.26. The Labute approximate surface area is 112 Å². The van der Waals surface area contributed by atoms with Crippen LogP contribution >= 0.6 is 11.6 Å². The zero-order valence-electron chi connectivity index (χ0n) is 10.4. The van der Waals surface area contributed by atoms with Crippen molar-refractivity contribution < 1.29 is 14.9 Å². The third-order valence-electron chi connectivity index (χ3n) is 2.99. The van der Waals surface area contributed by atoms with Gasteiger partial charge in [0.1, 0.15) is 5.75 Å². The Bertz CT molecular complexity index is 434. The van der Waals surface area contributed by atoms with Crippen molar-refractivity contribution in [3.63, 3.8) is 0 Å². The molecule has 1 aliphatic rings. The molecule has 5 heteroatoms. The number of hydrogen-bond donors (Lipinski definition) is 3. The van der Waals surface area contributed by atoms with Crippen LogP contribution in [0.1, 0.15) is 18.1 Å². The maximum Gasteiger partial charge on any atom is 0.127 e. The van der Waals surface area contributed by atoms with Crippen LogP contribution < -0.4 is 10.1 Å². The van der Waals surface area contributed by atoms with Gasteiger partial charge in [0.15, 0.2) is 0 Å². The molecule has 0 saturated carbocycles. The molecule has 0 aliphatic carbocycles. The summed E-state index contributed by atoms with van der Waals surface area (Å²) >= 11 is 6.05. The normalized spacial score (nSPS) is 17.1. The molecule has 0 bridgehead atoms. The quantitative estimate of drug-likeness (QED) is 0.751. The van der Waals surface area contributed by atoms with E-state index in [-0.39, 0.29) is 6.61 Å². The van der Waals surface area contributed by atoms with E-state index in [0.29, 0.717) is 24.7 Å². The SMILES string of the molecule is CC(O)(CO)CNCc1cc(Cl)cc2c1OCC2. The summed E-state index contributed by atoms with van der Waals surface area (Å²) < 4.78 is 5.58. The van der Waals surface area contributed by atoms with E-state index in [1.54, 1.807) is 6.92 Å². The highest BCUT2D eigenvalue weighted by atomic mass is 35.5. The standard InChI is InChI=1S/C13H18ClNO3/c1-13(17,8-16)7-15-6-10-5-11(14)4-9-2-3-18-12(9)10/h4-5,15-17H,2-3,6-8H2,1H3. The highest BCUT2D eigenvalue weighted by Crippen LogP contribution is 2.32. The number of aliphatic hydroxyl groups excluding tert-OH is 1. The fourth-order valence-electron chi connectivity index (χ4n) is 2.00. The minimum absolute atomic E-state index is 0.274. The predicted molar refractivity (Wildman–Crippen MR) is 70.1 cm³/mol. The molecule has 1 aromatic carbocycles. The number of nitrogens with one attached hydrogen (secondary N) is 1. The molecule has 1 unspecified atom stereocenters. The van der Waals surface area contributed by atoms with Gasteiger partial charge in [-0.2, -0.15) is 0 Å². The second kappa shape index (κ2) is 5.45. The highest BCUT2D eigenvalue weighted by Gasteiger charge is 2.20. The number of ether oxygens (including phenoxy) is 1. The lowest BCUT2D eigenvalue weighted by molar-refractivity contribution is 0.00251. The van der Waals surface area contributed by atoms with Crippen molar-refractivity contribution in [2.45, 2.75) is 25.5 Å². The minimum Gasteiger partial charge on any atom is -0.493 e. The van der Waals surface area contributed by atoms with E-state index in [2.05, 4.69) is 5.32 Å². The number of fused-ring (bicyclic) bond motifs is 1. The van der Waals surface area contributed by atoms with Gasteiger partial charge >= 0.3 is 0 Å². The third kappa shape index (κ3) is 3.14. The van der Waals surface area contributed by atoms with Crippen molar-refractivity contribution in [1.82, 2.24) is 5.32 Å². The first-order valence-corrected chi connectivity index (χ1v) is 6.38. The first-order chi connectivity index (χ1) is 8.52. The monoisotopic (exact) mass is 271 g/mol. The summed E-state index contributed by atoms with van der Waals surface area (Å²) in [5.74, 6) is 0.899. The van der Waals surface area contributed by atoms with Crippen molar-refractivity contribution in [3.05, 3.63) is 28.3 Å². The molecule has 1 atom stereocenters. The van der Waals surface area contributed by atoms with Crippen LogP contribution in [0.5, 0.6) is 5.75 Å². The summed E-state index contributed by atoms with van der Waals surface area (Å²) in [4.78, 5) is 0. The van der Waals surface area contributed by atoms with Crippen LogP contribution in [0.2, 0.25) is 5.02 Å². The molecule has 1 aliphatic heterocycles. The van der Waals surface area contributed by atoms with Gasteiger partial charge in [-0.25, -0.2) is 0 Å². The molecule has 18 heavy (non-hydrogen) atoms. The lowest BCUT2D eigenvalue weighted by Gasteiger charge is -2.21. The average molecular weight is 272 g/mol. The highest BCUT2D eigenvalue weighted by molar-refractivity contribution is 6.30. The minimum atomic E-state index is -1.11. The van der Waals surface area contributed by atoms with Crippen LogP contribution in [-0.2, 0) is 13.0 Å². The van der Waals surface area contributed by atoms with Crippen molar-refractivity contribution in [3.8, 4) is 5.75 Å². The van der Waals surface area contributed by atoms with Crippen LogP contribution in [0.3, 0.4) is 0 Å². The summed E-state index contributed by atoms with van der Waals surface area (Å²) in [6.45, 7) is 2.86. The summed E-state index contributed by atoms with van der Waals surface area (Å²) in [6, 6.07) is 3.80. The van der Waals surface area contributed by atoms with Gasteiger partial charge in [-0.15, -0.1) is 0 Å². The lowest BCUT2D eigenvalue weighted by atomic mass is 10.1. The number of rotatable bonds is 5. The van der Waals surface area contributed by atoms with Crippen LogP contribution in [0.4, 0.5) is 0 Å². The van der Waals surface area contributed by atoms with Gasteiger partial charge < -0.3 is 20.3 Å². The molecule has 3 N–H and O–H groups in total. The van der Waals surface area contributed by atoms with E-state index >= 15 is 0 Å². The summed E-state index contributed by atoms with van der Waals surface area (Å²) in [7, 11) is 0.